The van der Waals surface area contributed by atoms with E-state index in [2.05, 4.69) is 11.8 Å². The lowest BCUT2D eigenvalue weighted by molar-refractivity contribution is -0.136. The first kappa shape index (κ1) is 23.4. The molecule has 0 amide bonds. The van der Waals surface area contributed by atoms with Crippen molar-refractivity contribution < 1.29 is 17.9 Å². The molecule has 1 fully saturated rings. The van der Waals surface area contributed by atoms with E-state index >= 15 is 0 Å². The third kappa shape index (κ3) is 6.15. The van der Waals surface area contributed by atoms with Crippen LogP contribution in [0.3, 0.4) is 0 Å². The molecule has 1 aliphatic heterocycles. The van der Waals surface area contributed by atoms with E-state index < -0.39 is 10.0 Å². The summed E-state index contributed by atoms with van der Waals surface area (Å²) >= 11 is 0. The highest BCUT2D eigenvalue weighted by atomic mass is 32.2. The van der Waals surface area contributed by atoms with Gasteiger partial charge < -0.3 is 4.74 Å². The Hall–Kier alpha value is -2.22. The second-order valence-corrected chi connectivity index (χ2v) is 10.2. The summed E-state index contributed by atoms with van der Waals surface area (Å²) in [5.74, 6) is 0.178. The van der Waals surface area contributed by atoms with E-state index in [0.29, 0.717) is 23.7 Å². The highest BCUT2D eigenvalue weighted by molar-refractivity contribution is 7.89. The minimum Gasteiger partial charge on any atom is -0.426 e. The highest BCUT2D eigenvalue weighted by Gasteiger charge is 2.35. The smallest absolute Gasteiger partial charge is 0.312 e. The van der Waals surface area contributed by atoms with E-state index in [9.17, 15) is 13.2 Å². The first-order valence-corrected chi connectivity index (χ1v) is 12.3. The summed E-state index contributed by atoms with van der Waals surface area (Å²) in [6, 6.07) is 14.1. The minimum atomic E-state index is -3.60. The maximum atomic E-state index is 13.2. The normalized spacial score (nSPS) is 18.1. The Labute approximate surface area is 185 Å². The molecule has 0 aromatic heterocycles. The molecular formula is C24H32N2O4S. The molecule has 3 rings (SSSR count). The fraction of sp³-hybridized carbons (Fsp3) is 0.458. The number of ether oxygens (including phenoxy) is 1. The van der Waals surface area contributed by atoms with Crippen LogP contribution in [0.1, 0.15) is 37.3 Å². The molecule has 0 bridgehead atoms. The van der Waals surface area contributed by atoms with Crippen LogP contribution in [0.2, 0.25) is 0 Å². The van der Waals surface area contributed by atoms with Gasteiger partial charge in [0.05, 0.1) is 11.3 Å². The van der Waals surface area contributed by atoms with Crippen molar-refractivity contribution in [2.75, 3.05) is 26.2 Å². The maximum Gasteiger partial charge on any atom is 0.312 e. The summed E-state index contributed by atoms with van der Waals surface area (Å²) in [7, 11) is -3.60. The van der Waals surface area contributed by atoms with Gasteiger partial charge in [0.25, 0.3) is 0 Å². The van der Waals surface area contributed by atoms with Gasteiger partial charge in [-0.25, -0.2) is 8.42 Å². The van der Waals surface area contributed by atoms with Gasteiger partial charge in [-0.05, 0) is 56.6 Å². The van der Waals surface area contributed by atoms with Gasteiger partial charge in [0.15, 0.2) is 0 Å². The number of carbonyl (C=O) groups is 1. The number of hydrogen-bond donors (Lipinski definition) is 0. The standard InChI is InChI=1S/C24H32N2O4S/c1-4-5-13-25-14-15-26(31(28,29)23-11-9-19(2)10-12-23)18-21(25)17-24(27)30-22-8-6-7-20(3)16-22/h6-12,16,21H,4-5,13-15,17-18H2,1-3H3. The number of unbranched alkanes of at least 4 members (excludes halogenated alkanes) is 1. The average molecular weight is 445 g/mol. The molecule has 7 heteroatoms. The van der Waals surface area contributed by atoms with Crippen LogP contribution >= 0.6 is 0 Å². The number of aryl methyl sites for hydroxylation is 2. The van der Waals surface area contributed by atoms with Crippen molar-refractivity contribution in [3.05, 3.63) is 59.7 Å². The average Bonchev–Trinajstić information content (AvgIpc) is 2.73. The first-order valence-electron chi connectivity index (χ1n) is 10.9. The summed E-state index contributed by atoms with van der Waals surface area (Å²) in [5, 5.41) is 0. The van der Waals surface area contributed by atoms with E-state index in [-0.39, 0.29) is 25.0 Å². The Morgan fingerprint density at radius 1 is 1.06 bits per heavy atom. The fourth-order valence-corrected chi connectivity index (χ4v) is 5.30. The topological polar surface area (TPSA) is 66.9 Å². The summed E-state index contributed by atoms with van der Waals surface area (Å²) < 4.78 is 33.4. The molecule has 1 aliphatic rings. The fourth-order valence-electron chi connectivity index (χ4n) is 3.84. The quantitative estimate of drug-likeness (QED) is 0.458. The summed E-state index contributed by atoms with van der Waals surface area (Å²) in [5.41, 5.74) is 2.03. The van der Waals surface area contributed by atoms with Gasteiger partial charge in [-0.1, -0.05) is 43.2 Å². The number of sulfonamides is 1. The van der Waals surface area contributed by atoms with E-state index in [1.807, 2.05) is 32.0 Å². The molecule has 0 radical (unpaired) electrons. The molecule has 0 spiro atoms. The molecule has 1 saturated heterocycles. The zero-order chi connectivity index (χ0) is 22.4. The molecule has 0 N–H and O–H groups in total. The van der Waals surface area contributed by atoms with Crippen LogP contribution in [-0.4, -0.2) is 55.8 Å². The molecule has 1 heterocycles. The Morgan fingerprint density at radius 2 is 1.81 bits per heavy atom. The van der Waals surface area contributed by atoms with Gasteiger partial charge in [-0.15, -0.1) is 0 Å². The minimum absolute atomic E-state index is 0.150. The molecule has 31 heavy (non-hydrogen) atoms. The molecule has 0 aliphatic carbocycles. The summed E-state index contributed by atoms with van der Waals surface area (Å²) in [6.45, 7) is 8.15. The molecule has 1 atom stereocenters. The van der Waals surface area contributed by atoms with Gasteiger partial charge in [-0.3, -0.25) is 9.69 Å². The predicted molar refractivity (Wildman–Crippen MR) is 122 cm³/mol. The van der Waals surface area contributed by atoms with Crippen LogP contribution in [0, 0.1) is 13.8 Å². The van der Waals surface area contributed by atoms with E-state index in [1.54, 1.807) is 30.3 Å². The largest absolute Gasteiger partial charge is 0.426 e. The molecular weight excluding hydrogens is 412 g/mol. The molecule has 168 valence electrons. The monoisotopic (exact) mass is 444 g/mol. The van der Waals surface area contributed by atoms with Crippen LogP contribution in [-0.2, 0) is 14.8 Å². The molecule has 1 unspecified atom stereocenters. The zero-order valence-electron chi connectivity index (χ0n) is 18.6. The first-order chi connectivity index (χ1) is 14.8. The number of rotatable bonds is 8. The van der Waals surface area contributed by atoms with Gasteiger partial charge in [0, 0.05) is 25.7 Å². The van der Waals surface area contributed by atoms with Gasteiger partial charge in [0.2, 0.25) is 10.0 Å². The number of hydrogen-bond acceptors (Lipinski definition) is 5. The molecule has 0 saturated carbocycles. The number of piperazine rings is 1. The predicted octanol–water partition coefficient (Wildman–Crippen LogP) is 3.77. The van der Waals surface area contributed by atoms with Crippen LogP contribution in [0.15, 0.2) is 53.4 Å². The van der Waals surface area contributed by atoms with Crippen molar-refractivity contribution in [2.24, 2.45) is 0 Å². The van der Waals surface area contributed by atoms with Gasteiger partial charge >= 0.3 is 5.97 Å². The van der Waals surface area contributed by atoms with Gasteiger partial charge in [0.1, 0.15) is 5.75 Å². The summed E-state index contributed by atoms with van der Waals surface area (Å²) in [6.07, 6.45) is 2.20. The maximum absolute atomic E-state index is 13.2. The molecule has 2 aromatic carbocycles. The Morgan fingerprint density at radius 3 is 2.48 bits per heavy atom. The van der Waals surface area contributed by atoms with Crippen molar-refractivity contribution in [2.45, 2.75) is 51.0 Å². The lowest BCUT2D eigenvalue weighted by Gasteiger charge is -2.40. The highest BCUT2D eigenvalue weighted by Crippen LogP contribution is 2.23. The third-order valence-corrected chi connectivity index (χ3v) is 7.53. The Kier molecular flexibility index (Phi) is 7.86. The van der Waals surface area contributed by atoms with Crippen molar-refractivity contribution in [1.29, 1.82) is 0 Å². The Bertz CT molecular complexity index is 989. The van der Waals surface area contributed by atoms with Gasteiger partial charge in [-0.2, -0.15) is 4.31 Å². The summed E-state index contributed by atoms with van der Waals surface area (Å²) in [4.78, 5) is 15.2. The van der Waals surface area contributed by atoms with E-state index in [4.69, 9.17) is 4.74 Å². The van der Waals surface area contributed by atoms with Crippen molar-refractivity contribution in [3.63, 3.8) is 0 Å². The molecule has 6 nitrogen and oxygen atoms in total. The number of benzene rings is 2. The Balaban J connectivity index is 1.73. The third-order valence-electron chi connectivity index (χ3n) is 5.65. The number of esters is 1. The SMILES string of the molecule is CCCCN1CCN(S(=O)(=O)c2ccc(C)cc2)CC1CC(=O)Oc1cccc(C)c1. The molecule has 2 aromatic rings. The van der Waals surface area contributed by atoms with Crippen LogP contribution in [0.25, 0.3) is 0 Å². The second-order valence-electron chi connectivity index (χ2n) is 8.21. The zero-order valence-corrected chi connectivity index (χ0v) is 19.4. The number of carbonyl (C=O) groups excluding carboxylic acids is 1. The lowest BCUT2D eigenvalue weighted by atomic mass is 10.1. The van der Waals surface area contributed by atoms with Crippen molar-refractivity contribution >= 4 is 16.0 Å². The van der Waals surface area contributed by atoms with Crippen molar-refractivity contribution in [3.8, 4) is 5.75 Å². The van der Waals surface area contributed by atoms with E-state index in [1.165, 1.54) is 4.31 Å². The van der Waals surface area contributed by atoms with Crippen LogP contribution in [0.5, 0.6) is 5.75 Å². The lowest BCUT2D eigenvalue weighted by Crippen LogP contribution is -2.55. The van der Waals surface area contributed by atoms with Crippen LogP contribution in [0.4, 0.5) is 0 Å². The second kappa shape index (κ2) is 10.4. The number of nitrogens with zero attached hydrogens (tertiary/aromatic N) is 2. The van der Waals surface area contributed by atoms with Crippen LogP contribution < -0.4 is 4.74 Å². The van der Waals surface area contributed by atoms with E-state index in [0.717, 1.165) is 30.5 Å². The van der Waals surface area contributed by atoms with Crippen molar-refractivity contribution in [1.82, 2.24) is 9.21 Å².